The Bertz CT molecular complexity index is 601. The predicted octanol–water partition coefficient (Wildman–Crippen LogP) is 3.02. The van der Waals surface area contributed by atoms with E-state index in [1.54, 1.807) is 0 Å². The van der Waals surface area contributed by atoms with Crippen LogP contribution in [0.3, 0.4) is 0 Å². The average Bonchev–Trinajstić information content (AvgIpc) is 2.73. The van der Waals surface area contributed by atoms with Crippen LogP contribution in [-0.2, 0) is 11.0 Å². The third-order valence-electron chi connectivity index (χ3n) is 2.25. The van der Waals surface area contributed by atoms with Gasteiger partial charge < -0.3 is 5.32 Å². The molecule has 4 nitrogen and oxygen atoms in total. The first-order chi connectivity index (χ1) is 9.36. The summed E-state index contributed by atoms with van der Waals surface area (Å²) in [6, 6.07) is 3.57. The van der Waals surface area contributed by atoms with Crippen molar-refractivity contribution >= 4 is 45.0 Å². The van der Waals surface area contributed by atoms with E-state index in [4.69, 9.17) is 0 Å². The van der Waals surface area contributed by atoms with Crippen LogP contribution < -0.4 is 5.32 Å². The van der Waals surface area contributed by atoms with Gasteiger partial charge in [-0.15, -0.1) is 5.10 Å². The zero-order valence-corrected chi connectivity index (χ0v) is 12.1. The molecule has 20 heavy (non-hydrogen) atoms. The number of thioether (sulfide) groups is 1. The van der Waals surface area contributed by atoms with Crippen molar-refractivity contribution in [1.82, 2.24) is 5.32 Å². The molecule has 0 aromatic heterocycles. The highest BCUT2D eigenvalue weighted by molar-refractivity contribution is 9.10. The lowest BCUT2D eigenvalue weighted by Gasteiger charge is -2.09. The predicted molar refractivity (Wildman–Crippen MR) is 74.8 cm³/mol. The number of nitrogens with one attached hydrogen (secondary N) is 1. The summed E-state index contributed by atoms with van der Waals surface area (Å²) in [6.45, 7) is 0. The minimum Gasteiger partial charge on any atom is -0.303 e. The third kappa shape index (κ3) is 3.83. The Hall–Kier alpha value is -1.35. The van der Waals surface area contributed by atoms with Gasteiger partial charge in [0.2, 0.25) is 5.91 Å². The molecule has 0 aliphatic carbocycles. The van der Waals surface area contributed by atoms with Crippen LogP contribution >= 0.6 is 27.7 Å². The molecule has 0 atom stereocenters. The fourth-order valence-electron chi connectivity index (χ4n) is 1.42. The molecule has 2 rings (SSSR count). The summed E-state index contributed by atoms with van der Waals surface area (Å²) >= 11 is 4.25. The fourth-order valence-corrected chi connectivity index (χ4v) is 2.43. The van der Waals surface area contributed by atoms with Gasteiger partial charge in [0.15, 0.2) is 5.17 Å². The Morgan fingerprint density at radius 3 is 2.75 bits per heavy atom. The lowest BCUT2D eigenvalue weighted by Crippen LogP contribution is -2.19. The highest BCUT2D eigenvalue weighted by Gasteiger charge is 2.32. The van der Waals surface area contributed by atoms with Crippen LogP contribution in [0.5, 0.6) is 0 Å². The van der Waals surface area contributed by atoms with Crippen LogP contribution in [-0.4, -0.2) is 23.0 Å². The normalized spacial score (nSPS) is 18.0. The second kappa shape index (κ2) is 5.96. The number of alkyl halides is 3. The van der Waals surface area contributed by atoms with E-state index < -0.39 is 11.7 Å². The van der Waals surface area contributed by atoms with Crippen molar-refractivity contribution in [2.75, 3.05) is 5.75 Å². The number of hydrogen-bond donors (Lipinski definition) is 1. The van der Waals surface area contributed by atoms with Crippen molar-refractivity contribution in [3.05, 3.63) is 33.8 Å². The summed E-state index contributed by atoms with van der Waals surface area (Å²) < 4.78 is 38.9. The molecule has 1 aliphatic rings. The fraction of sp³-hybridized carbons (Fsp3) is 0.182. The van der Waals surface area contributed by atoms with Gasteiger partial charge in [0.1, 0.15) is 0 Å². The maximum atomic E-state index is 12.8. The zero-order chi connectivity index (χ0) is 14.8. The molecule has 9 heteroatoms. The summed E-state index contributed by atoms with van der Waals surface area (Å²) in [5.41, 5.74) is -0.904. The van der Waals surface area contributed by atoms with E-state index in [1.165, 1.54) is 12.1 Å². The maximum absolute atomic E-state index is 12.8. The third-order valence-corrected chi connectivity index (χ3v) is 3.61. The van der Waals surface area contributed by atoms with Gasteiger partial charge in [-0.1, -0.05) is 27.7 Å². The Balaban J connectivity index is 2.24. The standard InChI is InChI=1S/C11H7BrF3N3OS/c12-7-1-2-8(11(13,14)15)6(3-7)4-16-18-10-17-9(19)5-20-10/h1-4H,5H2,(H,17,18,19). The van der Waals surface area contributed by atoms with Crippen molar-refractivity contribution in [3.8, 4) is 0 Å². The molecule has 0 radical (unpaired) electrons. The lowest BCUT2D eigenvalue weighted by molar-refractivity contribution is -0.137. The van der Waals surface area contributed by atoms with Gasteiger partial charge in [0.25, 0.3) is 0 Å². The number of nitrogens with zero attached hydrogens (tertiary/aromatic N) is 2. The molecular weight excluding hydrogens is 359 g/mol. The molecule has 1 saturated heterocycles. The highest BCUT2D eigenvalue weighted by atomic mass is 79.9. The second-order valence-corrected chi connectivity index (χ2v) is 5.60. The maximum Gasteiger partial charge on any atom is 0.417 e. The van der Waals surface area contributed by atoms with E-state index in [2.05, 4.69) is 31.4 Å². The van der Waals surface area contributed by atoms with Gasteiger partial charge in [-0.25, -0.2) is 0 Å². The zero-order valence-electron chi connectivity index (χ0n) is 9.74. The summed E-state index contributed by atoms with van der Waals surface area (Å²) in [4.78, 5) is 10.9. The molecule has 1 N–H and O–H groups in total. The summed E-state index contributed by atoms with van der Waals surface area (Å²) in [6.07, 6.45) is -3.46. The first-order valence-corrected chi connectivity index (χ1v) is 7.04. The Labute approximate surface area is 124 Å². The minimum atomic E-state index is -4.47. The second-order valence-electron chi connectivity index (χ2n) is 3.72. The van der Waals surface area contributed by atoms with E-state index in [0.29, 0.717) is 4.47 Å². The first-order valence-electron chi connectivity index (χ1n) is 5.26. The SMILES string of the molecule is O=C1CSC(=NN=Cc2cc(Br)ccc2C(F)(F)F)N1. The number of carbonyl (C=O) groups is 1. The molecule has 1 aromatic rings. The minimum absolute atomic E-state index is 0.106. The number of benzene rings is 1. The van der Waals surface area contributed by atoms with E-state index >= 15 is 0 Å². The molecule has 1 aromatic carbocycles. The molecule has 0 spiro atoms. The number of hydrogen-bond acceptors (Lipinski definition) is 4. The smallest absolute Gasteiger partial charge is 0.303 e. The Morgan fingerprint density at radius 2 is 2.15 bits per heavy atom. The number of halogens is 4. The Kier molecular flexibility index (Phi) is 4.48. The van der Waals surface area contributed by atoms with Crippen molar-refractivity contribution in [1.29, 1.82) is 0 Å². The lowest BCUT2D eigenvalue weighted by atomic mass is 10.1. The largest absolute Gasteiger partial charge is 0.417 e. The number of amides is 1. The molecule has 1 amide bonds. The van der Waals surface area contributed by atoms with Gasteiger partial charge in [-0.05, 0) is 18.2 Å². The van der Waals surface area contributed by atoms with Crippen LogP contribution in [0, 0.1) is 0 Å². The van der Waals surface area contributed by atoms with E-state index in [1.807, 2.05) is 0 Å². The topological polar surface area (TPSA) is 53.8 Å². The van der Waals surface area contributed by atoms with E-state index in [9.17, 15) is 18.0 Å². The average molecular weight is 366 g/mol. The number of rotatable bonds is 2. The van der Waals surface area contributed by atoms with Gasteiger partial charge in [0.05, 0.1) is 17.5 Å². The van der Waals surface area contributed by atoms with Crippen LogP contribution in [0.4, 0.5) is 13.2 Å². The molecule has 0 saturated carbocycles. The van der Waals surface area contributed by atoms with Gasteiger partial charge in [-0.3, -0.25) is 4.79 Å². The summed E-state index contributed by atoms with van der Waals surface area (Å²) in [7, 11) is 0. The van der Waals surface area contributed by atoms with Crippen LogP contribution in [0.15, 0.2) is 32.9 Å². The van der Waals surface area contributed by atoms with E-state index in [-0.39, 0.29) is 22.4 Å². The molecule has 1 fully saturated rings. The Morgan fingerprint density at radius 1 is 1.40 bits per heavy atom. The van der Waals surface area contributed by atoms with Crippen LogP contribution in [0.25, 0.3) is 0 Å². The summed E-state index contributed by atoms with van der Waals surface area (Å²) in [5.74, 6) is 0.0290. The molecule has 1 aliphatic heterocycles. The van der Waals surface area contributed by atoms with E-state index in [0.717, 1.165) is 24.0 Å². The van der Waals surface area contributed by atoms with Gasteiger partial charge >= 0.3 is 6.18 Å². The van der Waals surface area contributed by atoms with Gasteiger partial charge in [0, 0.05) is 10.0 Å². The summed E-state index contributed by atoms with van der Waals surface area (Å²) in [5, 5.41) is 9.93. The van der Waals surface area contributed by atoms with Crippen molar-refractivity contribution in [2.24, 2.45) is 10.2 Å². The van der Waals surface area contributed by atoms with Crippen molar-refractivity contribution in [3.63, 3.8) is 0 Å². The molecular formula is C11H7BrF3N3OS. The van der Waals surface area contributed by atoms with Crippen molar-refractivity contribution < 1.29 is 18.0 Å². The van der Waals surface area contributed by atoms with Crippen molar-refractivity contribution in [2.45, 2.75) is 6.18 Å². The number of carbonyl (C=O) groups excluding carboxylic acids is 1. The molecule has 1 heterocycles. The monoisotopic (exact) mass is 365 g/mol. The van der Waals surface area contributed by atoms with Crippen LogP contribution in [0.1, 0.15) is 11.1 Å². The first kappa shape index (κ1) is 15.0. The quantitative estimate of drug-likeness (QED) is 0.646. The highest BCUT2D eigenvalue weighted by Crippen LogP contribution is 2.32. The molecule has 106 valence electrons. The molecule has 0 bridgehead atoms. The number of amidine groups is 1. The van der Waals surface area contributed by atoms with Gasteiger partial charge in [-0.2, -0.15) is 18.3 Å². The molecule has 0 unspecified atom stereocenters. The van der Waals surface area contributed by atoms with Crippen LogP contribution in [0.2, 0.25) is 0 Å².